The predicted molar refractivity (Wildman–Crippen MR) is 96.7 cm³/mol. The molecule has 1 aromatic carbocycles. The number of rotatable bonds is 2. The molecule has 0 saturated carbocycles. The standard InChI is InChI=1S/C17H14F3N3OS2/c18-17(19,20)12-3-1-2-11(8-12)13-9-23-14(10-26-16(23)21-13)15(24)22-4-6-25-7-5-22/h1-3,8-10H,4-7H2. The van der Waals surface area contributed by atoms with Crippen LogP contribution in [0.2, 0.25) is 0 Å². The number of carbonyl (C=O) groups is 1. The fourth-order valence-electron chi connectivity index (χ4n) is 2.86. The van der Waals surface area contributed by atoms with Gasteiger partial charge in [-0.15, -0.1) is 11.3 Å². The quantitative estimate of drug-likeness (QED) is 0.648. The first kappa shape index (κ1) is 17.4. The summed E-state index contributed by atoms with van der Waals surface area (Å²) in [5.41, 5.74) is 0.589. The molecule has 1 aliphatic rings. The van der Waals surface area contributed by atoms with Gasteiger partial charge in [0.15, 0.2) is 4.96 Å². The van der Waals surface area contributed by atoms with Gasteiger partial charge in [-0.25, -0.2) is 4.98 Å². The van der Waals surface area contributed by atoms with Gasteiger partial charge in [-0.3, -0.25) is 9.20 Å². The molecule has 136 valence electrons. The summed E-state index contributed by atoms with van der Waals surface area (Å²) in [5.74, 6) is 1.76. The third-order valence-electron chi connectivity index (χ3n) is 4.21. The van der Waals surface area contributed by atoms with Gasteiger partial charge in [0.1, 0.15) is 5.69 Å². The summed E-state index contributed by atoms with van der Waals surface area (Å²) in [5, 5.41) is 1.75. The number of fused-ring (bicyclic) bond motifs is 1. The molecule has 0 unspecified atom stereocenters. The van der Waals surface area contributed by atoms with E-state index < -0.39 is 11.7 Å². The lowest BCUT2D eigenvalue weighted by Crippen LogP contribution is -2.38. The third-order valence-corrected chi connectivity index (χ3v) is 5.99. The van der Waals surface area contributed by atoms with Gasteiger partial charge in [-0.05, 0) is 12.1 Å². The van der Waals surface area contributed by atoms with Crippen molar-refractivity contribution >= 4 is 34.0 Å². The van der Waals surface area contributed by atoms with Crippen LogP contribution >= 0.6 is 23.1 Å². The minimum absolute atomic E-state index is 0.0652. The molecule has 26 heavy (non-hydrogen) atoms. The number of amides is 1. The summed E-state index contributed by atoms with van der Waals surface area (Å²) in [6.07, 6.45) is -2.77. The summed E-state index contributed by atoms with van der Waals surface area (Å²) in [4.78, 5) is 19.5. The lowest BCUT2D eigenvalue weighted by molar-refractivity contribution is -0.137. The first-order valence-corrected chi connectivity index (χ1v) is 9.98. The van der Waals surface area contributed by atoms with E-state index in [9.17, 15) is 18.0 Å². The number of hydrogen-bond donors (Lipinski definition) is 0. The highest BCUT2D eigenvalue weighted by molar-refractivity contribution is 7.99. The van der Waals surface area contributed by atoms with Crippen LogP contribution in [0.5, 0.6) is 0 Å². The van der Waals surface area contributed by atoms with Crippen LogP contribution in [0.25, 0.3) is 16.2 Å². The largest absolute Gasteiger partial charge is 0.416 e. The van der Waals surface area contributed by atoms with E-state index in [1.807, 2.05) is 16.7 Å². The molecule has 1 aliphatic heterocycles. The zero-order chi connectivity index (χ0) is 18.3. The Labute approximate surface area is 155 Å². The molecule has 9 heteroatoms. The van der Waals surface area contributed by atoms with Crippen LogP contribution in [-0.4, -0.2) is 44.8 Å². The maximum absolute atomic E-state index is 12.9. The van der Waals surface area contributed by atoms with Gasteiger partial charge in [-0.2, -0.15) is 24.9 Å². The molecule has 4 rings (SSSR count). The summed E-state index contributed by atoms with van der Waals surface area (Å²) in [7, 11) is 0. The Morgan fingerprint density at radius 2 is 1.96 bits per heavy atom. The number of nitrogens with zero attached hydrogens (tertiary/aromatic N) is 3. The molecule has 4 nitrogen and oxygen atoms in total. The molecule has 0 atom stereocenters. The van der Waals surface area contributed by atoms with Crippen molar-refractivity contribution < 1.29 is 18.0 Å². The van der Waals surface area contributed by atoms with Crippen LogP contribution < -0.4 is 0 Å². The van der Waals surface area contributed by atoms with E-state index in [-0.39, 0.29) is 5.91 Å². The van der Waals surface area contributed by atoms with Crippen molar-refractivity contribution in [3.05, 3.63) is 47.1 Å². The second-order valence-electron chi connectivity index (χ2n) is 5.88. The number of benzene rings is 1. The van der Waals surface area contributed by atoms with Gasteiger partial charge in [0.2, 0.25) is 0 Å². The Hall–Kier alpha value is -2.00. The maximum atomic E-state index is 12.9. The lowest BCUT2D eigenvalue weighted by atomic mass is 10.1. The molecular weight excluding hydrogens is 383 g/mol. The minimum atomic E-state index is -4.40. The van der Waals surface area contributed by atoms with Crippen LogP contribution in [0.15, 0.2) is 35.8 Å². The van der Waals surface area contributed by atoms with Crippen molar-refractivity contribution in [3.8, 4) is 11.3 Å². The molecule has 3 heterocycles. The number of aromatic nitrogens is 2. The topological polar surface area (TPSA) is 37.6 Å². The Balaban J connectivity index is 1.69. The van der Waals surface area contributed by atoms with E-state index in [1.54, 1.807) is 22.0 Å². The molecule has 1 amide bonds. The van der Waals surface area contributed by atoms with E-state index in [1.165, 1.54) is 17.4 Å². The van der Waals surface area contributed by atoms with E-state index in [2.05, 4.69) is 4.98 Å². The summed E-state index contributed by atoms with van der Waals surface area (Å²) in [6.45, 7) is 1.41. The molecular formula is C17H14F3N3OS2. The smallest absolute Gasteiger partial charge is 0.336 e. The second kappa shape index (κ2) is 6.62. The average molecular weight is 397 g/mol. The zero-order valence-electron chi connectivity index (χ0n) is 13.5. The number of alkyl halides is 3. The van der Waals surface area contributed by atoms with Gasteiger partial charge in [-0.1, -0.05) is 12.1 Å². The van der Waals surface area contributed by atoms with E-state index in [4.69, 9.17) is 0 Å². The summed E-state index contributed by atoms with van der Waals surface area (Å²) < 4.78 is 40.5. The highest BCUT2D eigenvalue weighted by atomic mass is 32.2. The Bertz CT molecular complexity index is 958. The van der Waals surface area contributed by atoms with Crippen LogP contribution in [-0.2, 0) is 6.18 Å². The molecule has 0 spiro atoms. The van der Waals surface area contributed by atoms with Crippen molar-refractivity contribution in [1.82, 2.24) is 14.3 Å². The molecule has 0 aliphatic carbocycles. The van der Waals surface area contributed by atoms with Gasteiger partial charge >= 0.3 is 6.18 Å². The molecule has 0 N–H and O–H groups in total. The van der Waals surface area contributed by atoms with E-state index in [0.29, 0.717) is 35.0 Å². The lowest BCUT2D eigenvalue weighted by Gasteiger charge is -2.25. The Kier molecular flexibility index (Phi) is 4.44. The number of thioether (sulfide) groups is 1. The average Bonchev–Trinajstić information content (AvgIpc) is 3.22. The highest BCUT2D eigenvalue weighted by Crippen LogP contribution is 2.32. The van der Waals surface area contributed by atoms with Gasteiger partial charge < -0.3 is 4.90 Å². The van der Waals surface area contributed by atoms with Gasteiger partial charge in [0.25, 0.3) is 5.91 Å². The fraction of sp³-hybridized carbons (Fsp3) is 0.294. The van der Waals surface area contributed by atoms with Crippen LogP contribution in [0.1, 0.15) is 16.1 Å². The molecule has 1 saturated heterocycles. The van der Waals surface area contributed by atoms with Crippen molar-refractivity contribution in [3.63, 3.8) is 0 Å². The van der Waals surface area contributed by atoms with Gasteiger partial charge in [0, 0.05) is 41.7 Å². The van der Waals surface area contributed by atoms with Crippen LogP contribution in [0, 0.1) is 0 Å². The highest BCUT2D eigenvalue weighted by Gasteiger charge is 2.30. The number of hydrogen-bond acceptors (Lipinski definition) is 4. The van der Waals surface area contributed by atoms with Crippen molar-refractivity contribution in [1.29, 1.82) is 0 Å². The monoisotopic (exact) mass is 397 g/mol. The number of halogens is 3. The maximum Gasteiger partial charge on any atom is 0.416 e. The Morgan fingerprint density at radius 1 is 1.19 bits per heavy atom. The fourth-order valence-corrected chi connectivity index (χ4v) is 4.61. The summed E-state index contributed by atoms with van der Waals surface area (Å²) >= 11 is 3.13. The van der Waals surface area contributed by atoms with Crippen molar-refractivity contribution in [2.24, 2.45) is 0 Å². The first-order valence-electron chi connectivity index (χ1n) is 7.95. The first-order chi connectivity index (χ1) is 12.4. The zero-order valence-corrected chi connectivity index (χ0v) is 15.1. The minimum Gasteiger partial charge on any atom is -0.336 e. The number of thiazole rings is 1. The van der Waals surface area contributed by atoms with Crippen LogP contribution in [0.3, 0.4) is 0 Å². The molecule has 0 radical (unpaired) electrons. The van der Waals surface area contributed by atoms with Crippen LogP contribution in [0.4, 0.5) is 13.2 Å². The molecule has 3 aromatic rings. The SMILES string of the molecule is O=C(c1csc2nc(-c3cccc(C(F)(F)F)c3)cn12)N1CCSCC1. The third kappa shape index (κ3) is 3.21. The van der Waals surface area contributed by atoms with Crippen molar-refractivity contribution in [2.45, 2.75) is 6.18 Å². The molecule has 2 aromatic heterocycles. The summed E-state index contributed by atoms with van der Waals surface area (Å²) in [6, 6.07) is 5.06. The normalized spacial score (nSPS) is 15.6. The number of imidazole rings is 1. The molecule has 0 bridgehead atoms. The Morgan fingerprint density at radius 3 is 2.69 bits per heavy atom. The van der Waals surface area contributed by atoms with Crippen molar-refractivity contribution in [2.75, 3.05) is 24.6 Å². The predicted octanol–water partition coefficient (Wildman–Crippen LogP) is 4.27. The van der Waals surface area contributed by atoms with E-state index >= 15 is 0 Å². The van der Waals surface area contributed by atoms with E-state index in [0.717, 1.165) is 23.6 Å². The number of carbonyl (C=O) groups excluding carboxylic acids is 1. The molecule has 1 fully saturated rings. The van der Waals surface area contributed by atoms with Gasteiger partial charge in [0.05, 0.1) is 11.3 Å². The second-order valence-corrected chi connectivity index (χ2v) is 7.94.